The Labute approximate surface area is 108 Å². The number of rotatable bonds is 5. The van der Waals surface area contributed by atoms with Crippen LogP contribution in [0.25, 0.3) is 11.0 Å². The fourth-order valence-corrected chi connectivity index (χ4v) is 1.78. The Morgan fingerprint density at radius 1 is 1.53 bits per heavy atom. The van der Waals surface area contributed by atoms with E-state index in [0.717, 1.165) is 0 Å². The second-order valence-corrected chi connectivity index (χ2v) is 4.02. The average Bonchev–Trinajstić information content (AvgIpc) is 2.65. The maximum absolute atomic E-state index is 13.0. The van der Waals surface area contributed by atoms with Crippen LogP contribution in [0.3, 0.4) is 0 Å². The summed E-state index contributed by atoms with van der Waals surface area (Å²) in [6.07, 6.45) is 0. The Bertz CT molecular complexity index is 647. The summed E-state index contributed by atoms with van der Waals surface area (Å²) >= 11 is 0. The number of amides is 1. The molecule has 0 atom stereocenters. The van der Waals surface area contributed by atoms with Crippen LogP contribution in [0.5, 0.6) is 0 Å². The number of H-pyrrole nitrogens is 1. The first-order valence-electron chi connectivity index (χ1n) is 5.75. The van der Waals surface area contributed by atoms with Crippen LogP contribution in [0.1, 0.15) is 0 Å². The van der Waals surface area contributed by atoms with Crippen molar-refractivity contribution in [2.45, 2.75) is 6.54 Å². The predicted octanol–water partition coefficient (Wildman–Crippen LogP) is 0.231. The topological polar surface area (TPSA) is 76.1 Å². The first kappa shape index (κ1) is 13.3. The summed E-state index contributed by atoms with van der Waals surface area (Å²) in [5, 5.41) is 2.61. The molecule has 2 N–H and O–H groups in total. The van der Waals surface area contributed by atoms with Gasteiger partial charge in [0.05, 0.1) is 17.6 Å². The van der Waals surface area contributed by atoms with E-state index in [0.29, 0.717) is 24.2 Å². The van der Waals surface area contributed by atoms with Crippen LogP contribution in [0, 0.1) is 5.82 Å². The number of carbonyl (C=O) groups excluding carboxylic acids is 1. The molecule has 102 valence electrons. The number of hydrogen-bond acceptors (Lipinski definition) is 3. The third-order valence-electron chi connectivity index (χ3n) is 2.67. The molecule has 0 aliphatic carbocycles. The highest BCUT2D eigenvalue weighted by atomic mass is 19.1. The molecule has 0 spiro atoms. The van der Waals surface area contributed by atoms with E-state index in [1.165, 1.54) is 29.9 Å². The predicted molar refractivity (Wildman–Crippen MR) is 67.4 cm³/mol. The fourth-order valence-electron chi connectivity index (χ4n) is 1.78. The zero-order chi connectivity index (χ0) is 13.8. The second-order valence-electron chi connectivity index (χ2n) is 4.02. The van der Waals surface area contributed by atoms with Crippen LogP contribution in [0.4, 0.5) is 4.39 Å². The number of ether oxygens (including phenoxy) is 1. The molecule has 0 fully saturated rings. The lowest BCUT2D eigenvalue weighted by molar-refractivity contribution is -0.121. The van der Waals surface area contributed by atoms with E-state index >= 15 is 0 Å². The zero-order valence-corrected chi connectivity index (χ0v) is 10.4. The van der Waals surface area contributed by atoms with Crippen molar-refractivity contribution in [3.05, 3.63) is 34.5 Å². The Hall–Kier alpha value is -2.15. The normalized spacial score (nSPS) is 10.8. The number of halogens is 1. The first-order chi connectivity index (χ1) is 9.11. The lowest BCUT2D eigenvalue weighted by Crippen LogP contribution is -2.33. The van der Waals surface area contributed by atoms with Crippen LogP contribution in [-0.4, -0.2) is 35.7 Å². The van der Waals surface area contributed by atoms with Crippen molar-refractivity contribution in [2.24, 2.45) is 0 Å². The lowest BCUT2D eigenvalue weighted by Gasteiger charge is -2.05. The summed E-state index contributed by atoms with van der Waals surface area (Å²) < 4.78 is 19.1. The van der Waals surface area contributed by atoms with E-state index in [4.69, 9.17) is 4.74 Å². The van der Waals surface area contributed by atoms with Gasteiger partial charge >= 0.3 is 5.69 Å². The zero-order valence-electron chi connectivity index (χ0n) is 10.4. The van der Waals surface area contributed by atoms with Gasteiger partial charge in [-0.25, -0.2) is 9.18 Å². The van der Waals surface area contributed by atoms with Gasteiger partial charge in [-0.05, 0) is 18.2 Å². The summed E-state index contributed by atoms with van der Waals surface area (Å²) in [7, 11) is 1.53. The highest BCUT2D eigenvalue weighted by Crippen LogP contribution is 2.11. The highest BCUT2D eigenvalue weighted by Gasteiger charge is 2.10. The van der Waals surface area contributed by atoms with E-state index in [2.05, 4.69) is 10.3 Å². The number of benzene rings is 1. The molecule has 1 heterocycles. The maximum Gasteiger partial charge on any atom is 0.326 e. The van der Waals surface area contributed by atoms with E-state index < -0.39 is 11.5 Å². The van der Waals surface area contributed by atoms with E-state index in [-0.39, 0.29) is 12.5 Å². The van der Waals surface area contributed by atoms with E-state index in [9.17, 15) is 14.0 Å². The van der Waals surface area contributed by atoms with Crippen molar-refractivity contribution < 1.29 is 13.9 Å². The number of aromatic nitrogens is 2. The number of methoxy groups -OCH3 is 1. The Morgan fingerprint density at radius 3 is 3.05 bits per heavy atom. The number of carbonyl (C=O) groups is 1. The van der Waals surface area contributed by atoms with Gasteiger partial charge < -0.3 is 15.0 Å². The minimum atomic E-state index is -0.442. The number of fused-ring (bicyclic) bond motifs is 1. The molecule has 0 saturated heterocycles. The number of nitrogens with one attached hydrogen (secondary N) is 2. The summed E-state index contributed by atoms with van der Waals surface area (Å²) in [5.41, 5.74) is 0.422. The van der Waals surface area contributed by atoms with Gasteiger partial charge in [-0.2, -0.15) is 0 Å². The third-order valence-corrected chi connectivity index (χ3v) is 2.67. The molecular formula is C12H14FN3O3. The molecule has 0 unspecified atom stereocenters. The van der Waals surface area contributed by atoms with Gasteiger partial charge in [0.25, 0.3) is 0 Å². The quantitative estimate of drug-likeness (QED) is 0.761. The van der Waals surface area contributed by atoms with Gasteiger partial charge in [0.15, 0.2) is 0 Å². The van der Waals surface area contributed by atoms with Gasteiger partial charge in [0.1, 0.15) is 12.4 Å². The van der Waals surface area contributed by atoms with Gasteiger partial charge in [-0.3, -0.25) is 9.36 Å². The third kappa shape index (κ3) is 3.00. The van der Waals surface area contributed by atoms with Gasteiger partial charge in [-0.15, -0.1) is 0 Å². The first-order valence-corrected chi connectivity index (χ1v) is 5.75. The molecule has 0 aliphatic heterocycles. The molecule has 19 heavy (non-hydrogen) atoms. The van der Waals surface area contributed by atoms with Crippen molar-refractivity contribution in [1.29, 1.82) is 0 Å². The van der Waals surface area contributed by atoms with Crippen LogP contribution in [-0.2, 0) is 16.1 Å². The smallest absolute Gasteiger partial charge is 0.326 e. The minimum absolute atomic E-state index is 0.117. The SMILES string of the molecule is COCCNC(=O)Cn1c(=O)[nH]c2cc(F)ccc21. The standard InChI is InChI=1S/C12H14FN3O3/c1-19-5-4-14-11(17)7-16-10-3-2-8(13)6-9(10)15-12(16)18/h2-3,6H,4-5,7H2,1H3,(H,14,17)(H,15,18). The number of aromatic amines is 1. The highest BCUT2D eigenvalue weighted by molar-refractivity contribution is 5.80. The Kier molecular flexibility index (Phi) is 3.96. The fraction of sp³-hybridized carbons (Fsp3) is 0.333. The molecule has 0 aliphatic rings. The maximum atomic E-state index is 13.0. The summed E-state index contributed by atoms with van der Waals surface area (Å²) in [6.45, 7) is 0.662. The monoisotopic (exact) mass is 267 g/mol. The van der Waals surface area contributed by atoms with Crippen molar-refractivity contribution in [2.75, 3.05) is 20.3 Å². The molecule has 6 nitrogen and oxygen atoms in total. The van der Waals surface area contributed by atoms with Gasteiger partial charge in [0, 0.05) is 13.7 Å². The summed E-state index contributed by atoms with van der Waals surface area (Å²) in [5.74, 6) is -0.741. The molecule has 7 heteroatoms. The van der Waals surface area contributed by atoms with Crippen LogP contribution < -0.4 is 11.0 Å². The van der Waals surface area contributed by atoms with Crippen LogP contribution >= 0.6 is 0 Å². The molecule has 1 aromatic carbocycles. The lowest BCUT2D eigenvalue weighted by atomic mass is 10.3. The van der Waals surface area contributed by atoms with Crippen molar-refractivity contribution >= 4 is 16.9 Å². The van der Waals surface area contributed by atoms with E-state index in [1.54, 1.807) is 0 Å². The molecule has 0 radical (unpaired) electrons. The summed E-state index contributed by atoms with van der Waals surface area (Å²) in [4.78, 5) is 25.8. The number of nitrogens with zero attached hydrogens (tertiary/aromatic N) is 1. The minimum Gasteiger partial charge on any atom is -0.383 e. The van der Waals surface area contributed by atoms with Crippen molar-refractivity contribution in [3.8, 4) is 0 Å². The second kappa shape index (κ2) is 5.66. The molecule has 2 rings (SSSR count). The van der Waals surface area contributed by atoms with E-state index in [1.807, 2.05) is 0 Å². The molecular weight excluding hydrogens is 253 g/mol. The Morgan fingerprint density at radius 2 is 2.32 bits per heavy atom. The molecule has 0 saturated carbocycles. The van der Waals surface area contributed by atoms with Crippen molar-refractivity contribution in [1.82, 2.24) is 14.9 Å². The molecule has 2 aromatic rings. The average molecular weight is 267 g/mol. The van der Waals surface area contributed by atoms with Crippen LogP contribution in [0.2, 0.25) is 0 Å². The summed E-state index contributed by atoms with van der Waals surface area (Å²) in [6, 6.07) is 3.93. The molecule has 1 aromatic heterocycles. The largest absolute Gasteiger partial charge is 0.383 e. The molecule has 1 amide bonds. The van der Waals surface area contributed by atoms with Gasteiger partial charge in [0.2, 0.25) is 5.91 Å². The number of imidazole rings is 1. The van der Waals surface area contributed by atoms with Gasteiger partial charge in [-0.1, -0.05) is 0 Å². The molecule has 0 bridgehead atoms. The Balaban J connectivity index is 2.18. The van der Waals surface area contributed by atoms with Crippen molar-refractivity contribution in [3.63, 3.8) is 0 Å². The van der Waals surface area contributed by atoms with Crippen LogP contribution in [0.15, 0.2) is 23.0 Å². The number of hydrogen-bond donors (Lipinski definition) is 2.